The van der Waals surface area contributed by atoms with Gasteiger partial charge in [0.05, 0.1) is 23.9 Å². The van der Waals surface area contributed by atoms with Crippen LogP contribution in [0.15, 0.2) is 12.5 Å². The van der Waals surface area contributed by atoms with Crippen LogP contribution in [0.1, 0.15) is 32.0 Å². The summed E-state index contributed by atoms with van der Waals surface area (Å²) in [7, 11) is 1.32. The quantitative estimate of drug-likeness (QED) is 0.631. The van der Waals surface area contributed by atoms with Crippen molar-refractivity contribution in [1.29, 1.82) is 0 Å². The minimum absolute atomic E-state index is 0.183. The van der Waals surface area contributed by atoms with Crippen molar-refractivity contribution < 1.29 is 9.53 Å². The Balaban J connectivity index is 3.29. The van der Waals surface area contributed by atoms with Crippen LogP contribution in [0.5, 0.6) is 0 Å². The van der Waals surface area contributed by atoms with Crippen LogP contribution in [0.25, 0.3) is 5.57 Å². The topological polar surface area (TPSA) is 90.1 Å². The summed E-state index contributed by atoms with van der Waals surface area (Å²) in [6.45, 7) is 7.71. The van der Waals surface area contributed by atoms with E-state index in [4.69, 9.17) is 10.5 Å². The summed E-state index contributed by atoms with van der Waals surface area (Å²) in [4.78, 5) is 19.9. The van der Waals surface area contributed by atoms with Gasteiger partial charge in [0.2, 0.25) is 0 Å². The number of nitrogen functional groups attached to an aromatic ring is 1. The number of aryl methyl sites for hydroxylation is 1. The number of nitrogens with zero attached hydrogens (tertiary/aromatic N) is 2. The summed E-state index contributed by atoms with van der Waals surface area (Å²) in [5, 5.41) is 3.12. The third kappa shape index (κ3) is 3.94. The van der Waals surface area contributed by atoms with Crippen molar-refractivity contribution >= 4 is 17.4 Å². The van der Waals surface area contributed by atoms with Crippen molar-refractivity contribution in [1.82, 2.24) is 15.3 Å². The zero-order valence-electron chi connectivity index (χ0n) is 11.9. The van der Waals surface area contributed by atoms with Crippen LogP contribution in [0.2, 0.25) is 0 Å². The third-order valence-electron chi connectivity index (χ3n) is 2.39. The number of carbonyl (C=O) groups is 1. The van der Waals surface area contributed by atoms with Crippen LogP contribution >= 0.6 is 0 Å². The fourth-order valence-electron chi connectivity index (χ4n) is 1.46. The van der Waals surface area contributed by atoms with Crippen molar-refractivity contribution in [3.05, 3.63) is 23.8 Å². The first-order chi connectivity index (χ1) is 8.76. The highest BCUT2D eigenvalue weighted by atomic mass is 16.5. The maximum absolute atomic E-state index is 11.9. The number of anilines is 1. The lowest BCUT2D eigenvalue weighted by molar-refractivity contribution is -0.133. The molecular formula is C13H20N4O2. The Morgan fingerprint density at radius 1 is 1.42 bits per heavy atom. The molecule has 0 atom stereocenters. The zero-order valence-corrected chi connectivity index (χ0v) is 11.9. The van der Waals surface area contributed by atoms with Crippen molar-refractivity contribution in [3.63, 3.8) is 0 Å². The molecule has 0 bridgehead atoms. The first kappa shape index (κ1) is 14.9. The molecule has 0 aliphatic rings. The lowest BCUT2D eigenvalue weighted by Gasteiger charge is -2.20. The van der Waals surface area contributed by atoms with Gasteiger partial charge in [-0.25, -0.2) is 14.8 Å². The fraction of sp³-hybridized carbons (Fsp3) is 0.462. The van der Waals surface area contributed by atoms with Crippen LogP contribution in [-0.4, -0.2) is 28.6 Å². The van der Waals surface area contributed by atoms with Crippen LogP contribution in [0.3, 0.4) is 0 Å². The number of nitrogens with two attached hydrogens (primary N) is 1. The number of aromatic nitrogens is 2. The molecule has 104 valence electrons. The van der Waals surface area contributed by atoms with Crippen LogP contribution in [-0.2, 0) is 9.53 Å². The van der Waals surface area contributed by atoms with E-state index >= 15 is 0 Å². The Bertz CT molecular complexity index is 484. The van der Waals surface area contributed by atoms with E-state index in [0.29, 0.717) is 16.8 Å². The van der Waals surface area contributed by atoms with Gasteiger partial charge in [-0.3, -0.25) is 0 Å². The van der Waals surface area contributed by atoms with E-state index < -0.39 is 5.97 Å². The molecule has 0 fully saturated rings. The highest BCUT2D eigenvalue weighted by molar-refractivity contribution is 6.17. The standard InChI is InChI=1S/C13H20N4O2/c1-8-10(11(14)16-7-15-8)9(12(18)19-5)6-17-13(2,3)4/h6-7,17H,1-5H3,(H2,14,15,16)/b9-6+. The number of nitrogens with one attached hydrogen (secondary N) is 1. The van der Waals surface area contributed by atoms with Crippen molar-refractivity contribution in [2.24, 2.45) is 0 Å². The molecule has 1 rings (SSSR count). The Morgan fingerprint density at radius 3 is 2.53 bits per heavy atom. The summed E-state index contributed by atoms with van der Waals surface area (Å²) in [5.41, 5.74) is 7.07. The molecule has 0 aliphatic heterocycles. The molecule has 1 aromatic rings. The van der Waals surface area contributed by atoms with E-state index in [9.17, 15) is 4.79 Å². The fourth-order valence-corrected chi connectivity index (χ4v) is 1.46. The van der Waals surface area contributed by atoms with E-state index in [1.54, 1.807) is 13.1 Å². The largest absolute Gasteiger partial charge is 0.465 e. The van der Waals surface area contributed by atoms with Gasteiger partial charge < -0.3 is 15.8 Å². The number of rotatable bonds is 3. The van der Waals surface area contributed by atoms with Crippen molar-refractivity contribution in [2.45, 2.75) is 33.2 Å². The second-order valence-electron chi connectivity index (χ2n) is 5.16. The van der Waals surface area contributed by atoms with Crippen molar-refractivity contribution in [2.75, 3.05) is 12.8 Å². The molecule has 6 nitrogen and oxygen atoms in total. The van der Waals surface area contributed by atoms with Gasteiger partial charge >= 0.3 is 5.97 Å². The molecule has 0 aromatic carbocycles. The molecule has 0 saturated heterocycles. The summed E-state index contributed by atoms with van der Waals surface area (Å²) in [6, 6.07) is 0. The molecule has 0 unspecified atom stereocenters. The molecule has 19 heavy (non-hydrogen) atoms. The normalized spacial score (nSPS) is 12.2. The van der Waals surface area contributed by atoms with Gasteiger partial charge in [0.1, 0.15) is 12.1 Å². The number of hydrogen-bond donors (Lipinski definition) is 2. The van der Waals surface area contributed by atoms with Gasteiger partial charge in [0, 0.05) is 11.7 Å². The van der Waals surface area contributed by atoms with Crippen LogP contribution in [0.4, 0.5) is 5.82 Å². The van der Waals surface area contributed by atoms with Gasteiger partial charge in [-0.05, 0) is 27.7 Å². The Labute approximate surface area is 113 Å². The highest BCUT2D eigenvalue weighted by Crippen LogP contribution is 2.23. The molecule has 6 heteroatoms. The predicted octanol–water partition coefficient (Wildman–Crippen LogP) is 1.27. The molecule has 0 spiro atoms. The summed E-state index contributed by atoms with van der Waals surface area (Å²) in [5.74, 6) is -0.235. The van der Waals surface area contributed by atoms with Crippen molar-refractivity contribution in [3.8, 4) is 0 Å². The maximum atomic E-state index is 11.9. The van der Waals surface area contributed by atoms with Gasteiger partial charge in [-0.15, -0.1) is 0 Å². The summed E-state index contributed by atoms with van der Waals surface area (Å²) < 4.78 is 4.78. The summed E-state index contributed by atoms with van der Waals surface area (Å²) in [6.07, 6.45) is 2.95. The Hall–Kier alpha value is -2.11. The van der Waals surface area contributed by atoms with E-state index in [1.807, 2.05) is 20.8 Å². The SMILES string of the molecule is COC(=O)/C(=C/NC(C)(C)C)c1c(C)ncnc1N. The first-order valence-corrected chi connectivity index (χ1v) is 5.90. The number of methoxy groups -OCH3 is 1. The first-order valence-electron chi connectivity index (χ1n) is 5.90. The molecular weight excluding hydrogens is 244 g/mol. The van der Waals surface area contributed by atoms with E-state index in [1.165, 1.54) is 13.4 Å². The second kappa shape index (κ2) is 5.69. The smallest absolute Gasteiger partial charge is 0.340 e. The lowest BCUT2D eigenvalue weighted by atomic mass is 10.0. The van der Waals surface area contributed by atoms with Crippen LogP contribution in [0, 0.1) is 6.92 Å². The molecule has 1 aromatic heterocycles. The zero-order chi connectivity index (χ0) is 14.6. The summed E-state index contributed by atoms with van der Waals surface area (Å²) >= 11 is 0. The van der Waals surface area contributed by atoms with E-state index in [-0.39, 0.29) is 11.4 Å². The van der Waals surface area contributed by atoms with Gasteiger partial charge in [0.25, 0.3) is 0 Å². The lowest BCUT2D eigenvalue weighted by Crippen LogP contribution is -2.32. The molecule has 0 saturated carbocycles. The molecule has 0 aliphatic carbocycles. The van der Waals surface area contributed by atoms with Gasteiger partial charge in [-0.1, -0.05) is 0 Å². The minimum Gasteiger partial charge on any atom is -0.465 e. The average molecular weight is 264 g/mol. The number of carbonyl (C=O) groups excluding carboxylic acids is 1. The maximum Gasteiger partial charge on any atom is 0.340 e. The Kier molecular flexibility index (Phi) is 4.47. The average Bonchev–Trinajstić information content (AvgIpc) is 2.30. The third-order valence-corrected chi connectivity index (χ3v) is 2.39. The number of ether oxygens (including phenoxy) is 1. The Morgan fingerprint density at radius 2 is 2.05 bits per heavy atom. The highest BCUT2D eigenvalue weighted by Gasteiger charge is 2.20. The number of esters is 1. The van der Waals surface area contributed by atoms with Crippen LogP contribution < -0.4 is 11.1 Å². The minimum atomic E-state index is -0.485. The molecule has 3 N–H and O–H groups in total. The molecule has 1 heterocycles. The monoisotopic (exact) mass is 264 g/mol. The molecule has 0 radical (unpaired) electrons. The number of hydrogen-bond acceptors (Lipinski definition) is 6. The van der Waals surface area contributed by atoms with Gasteiger partial charge in [-0.2, -0.15) is 0 Å². The van der Waals surface area contributed by atoms with E-state index in [0.717, 1.165) is 0 Å². The second-order valence-corrected chi connectivity index (χ2v) is 5.16. The predicted molar refractivity (Wildman–Crippen MR) is 74.1 cm³/mol. The molecule has 0 amide bonds. The van der Waals surface area contributed by atoms with Gasteiger partial charge in [0.15, 0.2) is 0 Å². The van der Waals surface area contributed by atoms with E-state index in [2.05, 4.69) is 15.3 Å².